The summed E-state index contributed by atoms with van der Waals surface area (Å²) in [5, 5.41) is 6.45. The van der Waals surface area contributed by atoms with Gasteiger partial charge in [-0.3, -0.25) is 9.69 Å². The van der Waals surface area contributed by atoms with Crippen molar-refractivity contribution >= 4 is 30.7 Å². The highest BCUT2D eigenvalue weighted by molar-refractivity contribution is 5.94. The zero-order valence-electron chi connectivity index (χ0n) is 15.6. The van der Waals surface area contributed by atoms with Crippen molar-refractivity contribution in [1.82, 2.24) is 15.5 Å². The molecule has 1 heterocycles. The summed E-state index contributed by atoms with van der Waals surface area (Å²) in [5.74, 6) is 0.606. The number of nitrogens with one attached hydrogen (secondary N) is 2. The zero-order valence-corrected chi connectivity index (χ0v) is 17.2. The van der Waals surface area contributed by atoms with Crippen LogP contribution in [-0.2, 0) is 6.54 Å². The van der Waals surface area contributed by atoms with Crippen LogP contribution < -0.4 is 10.6 Å². The third-order valence-corrected chi connectivity index (χ3v) is 4.69. The molecule has 1 aliphatic rings. The average Bonchev–Trinajstić information content (AvgIpc) is 2.58. The monoisotopic (exact) mass is 389 g/mol. The number of amides is 1. The van der Waals surface area contributed by atoms with Crippen LogP contribution in [0, 0.1) is 5.92 Å². The molecule has 1 amide bonds. The maximum atomic E-state index is 12.2. The van der Waals surface area contributed by atoms with Crippen molar-refractivity contribution in [3.63, 3.8) is 0 Å². The highest BCUT2D eigenvalue weighted by Crippen LogP contribution is 2.11. The van der Waals surface area contributed by atoms with Crippen molar-refractivity contribution < 1.29 is 4.79 Å². The number of hydrogen-bond acceptors (Lipinski definition) is 3. The van der Waals surface area contributed by atoms with Gasteiger partial charge in [-0.25, -0.2) is 0 Å². The zero-order chi connectivity index (χ0) is 16.7. The van der Waals surface area contributed by atoms with Gasteiger partial charge < -0.3 is 10.6 Å². The van der Waals surface area contributed by atoms with Gasteiger partial charge in [0, 0.05) is 24.7 Å². The second-order valence-electron chi connectivity index (χ2n) is 6.78. The first-order chi connectivity index (χ1) is 11.1. The lowest BCUT2D eigenvalue weighted by Crippen LogP contribution is -2.38. The molecule has 0 aromatic heterocycles. The number of benzene rings is 1. The normalized spacial score (nSPS) is 16.9. The summed E-state index contributed by atoms with van der Waals surface area (Å²) >= 11 is 0. The highest BCUT2D eigenvalue weighted by atomic mass is 35.5. The molecule has 0 saturated carbocycles. The van der Waals surface area contributed by atoms with E-state index in [1.807, 2.05) is 12.1 Å². The standard InChI is InChI=1S/C19H31N3O.2ClH/c1-4-22(15(2)3)14-16-7-9-18(10-8-16)19(23)21-13-17-6-5-11-20-12-17;;/h7-10,15,17,20H,4-6,11-14H2,1-3H3,(H,21,23);2*1H. The van der Waals surface area contributed by atoms with E-state index in [1.54, 1.807) is 0 Å². The van der Waals surface area contributed by atoms with Crippen LogP contribution in [0.5, 0.6) is 0 Å². The molecule has 4 nitrogen and oxygen atoms in total. The number of rotatable bonds is 7. The first-order valence-corrected chi connectivity index (χ1v) is 8.92. The Morgan fingerprint density at radius 3 is 2.48 bits per heavy atom. The van der Waals surface area contributed by atoms with Gasteiger partial charge in [0.2, 0.25) is 0 Å². The van der Waals surface area contributed by atoms with E-state index in [4.69, 9.17) is 0 Å². The van der Waals surface area contributed by atoms with E-state index in [9.17, 15) is 4.79 Å². The Morgan fingerprint density at radius 2 is 1.96 bits per heavy atom. The van der Waals surface area contributed by atoms with Crippen molar-refractivity contribution in [1.29, 1.82) is 0 Å². The van der Waals surface area contributed by atoms with Crippen LogP contribution in [0.15, 0.2) is 24.3 Å². The fraction of sp³-hybridized carbons (Fsp3) is 0.632. The molecule has 1 aromatic rings. The number of carbonyl (C=O) groups is 1. The quantitative estimate of drug-likeness (QED) is 0.749. The summed E-state index contributed by atoms with van der Waals surface area (Å²) in [6.07, 6.45) is 2.41. The Morgan fingerprint density at radius 1 is 1.28 bits per heavy atom. The van der Waals surface area contributed by atoms with E-state index in [0.717, 1.165) is 38.3 Å². The lowest BCUT2D eigenvalue weighted by Gasteiger charge is -2.24. The number of halogens is 2. The number of carbonyl (C=O) groups excluding carboxylic acids is 1. The van der Waals surface area contributed by atoms with Crippen LogP contribution in [-0.4, -0.2) is 43.0 Å². The van der Waals surface area contributed by atoms with Crippen molar-refractivity contribution in [2.24, 2.45) is 5.92 Å². The summed E-state index contributed by atoms with van der Waals surface area (Å²) in [6.45, 7) is 11.5. The minimum atomic E-state index is 0. The first-order valence-electron chi connectivity index (χ1n) is 8.92. The van der Waals surface area contributed by atoms with E-state index < -0.39 is 0 Å². The van der Waals surface area contributed by atoms with Crippen molar-refractivity contribution in [2.75, 3.05) is 26.2 Å². The lowest BCUT2D eigenvalue weighted by atomic mass is 9.99. The van der Waals surface area contributed by atoms with Gasteiger partial charge in [-0.1, -0.05) is 19.1 Å². The molecule has 1 atom stereocenters. The third kappa shape index (κ3) is 7.95. The molecule has 1 saturated heterocycles. The molecule has 0 bridgehead atoms. The van der Waals surface area contributed by atoms with Gasteiger partial charge in [0.15, 0.2) is 0 Å². The number of piperidine rings is 1. The van der Waals surface area contributed by atoms with Crippen molar-refractivity contribution in [3.8, 4) is 0 Å². The van der Waals surface area contributed by atoms with Crippen LogP contribution in [0.4, 0.5) is 0 Å². The van der Waals surface area contributed by atoms with Crippen molar-refractivity contribution in [2.45, 2.75) is 46.2 Å². The molecule has 1 aromatic carbocycles. The van der Waals surface area contributed by atoms with Crippen LogP contribution in [0.2, 0.25) is 0 Å². The van der Waals surface area contributed by atoms with Gasteiger partial charge in [0.05, 0.1) is 0 Å². The van der Waals surface area contributed by atoms with Gasteiger partial charge >= 0.3 is 0 Å². The van der Waals surface area contributed by atoms with Crippen LogP contribution in [0.3, 0.4) is 0 Å². The maximum absolute atomic E-state index is 12.2. The largest absolute Gasteiger partial charge is 0.352 e. The molecular formula is C19H33Cl2N3O. The molecule has 2 rings (SSSR count). The minimum absolute atomic E-state index is 0. The van der Waals surface area contributed by atoms with Gasteiger partial charge in [0.1, 0.15) is 0 Å². The van der Waals surface area contributed by atoms with Gasteiger partial charge in [0.25, 0.3) is 5.91 Å². The summed E-state index contributed by atoms with van der Waals surface area (Å²) in [7, 11) is 0. The molecular weight excluding hydrogens is 357 g/mol. The molecule has 1 aliphatic heterocycles. The topological polar surface area (TPSA) is 44.4 Å². The van der Waals surface area contributed by atoms with Gasteiger partial charge in [-0.05, 0) is 69.9 Å². The summed E-state index contributed by atoms with van der Waals surface area (Å²) < 4.78 is 0. The van der Waals surface area contributed by atoms with Crippen LogP contribution >= 0.6 is 24.8 Å². The summed E-state index contributed by atoms with van der Waals surface area (Å²) in [5.41, 5.74) is 2.01. The Labute approximate surface area is 164 Å². The minimum Gasteiger partial charge on any atom is -0.352 e. The fourth-order valence-corrected chi connectivity index (χ4v) is 3.09. The molecule has 144 valence electrons. The van der Waals surface area contributed by atoms with Crippen LogP contribution in [0.25, 0.3) is 0 Å². The predicted molar refractivity (Wildman–Crippen MR) is 110 cm³/mol. The highest BCUT2D eigenvalue weighted by Gasteiger charge is 2.14. The third-order valence-electron chi connectivity index (χ3n) is 4.69. The van der Waals surface area contributed by atoms with Crippen molar-refractivity contribution in [3.05, 3.63) is 35.4 Å². The second-order valence-corrected chi connectivity index (χ2v) is 6.78. The van der Waals surface area contributed by atoms with E-state index in [-0.39, 0.29) is 30.7 Å². The lowest BCUT2D eigenvalue weighted by molar-refractivity contribution is 0.0945. The van der Waals surface area contributed by atoms with E-state index >= 15 is 0 Å². The smallest absolute Gasteiger partial charge is 0.251 e. The molecule has 6 heteroatoms. The Kier molecular flexibility index (Phi) is 12.1. The average molecular weight is 390 g/mol. The Bertz CT molecular complexity index is 488. The second kappa shape index (κ2) is 12.5. The Balaban J connectivity index is 0.00000288. The van der Waals surface area contributed by atoms with Gasteiger partial charge in [-0.15, -0.1) is 24.8 Å². The molecule has 0 aliphatic carbocycles. The fourth-order valence-electron chi connectivity index (χ4n) is 3.09. The molecule has 1 unspecified atom stereocenters. The summed E-state index contributed by atoms with van der Waals surface area (Å²) in [6, 6.07) is 8.56. The first kappa shape index (κ1) is 24.2. The maximum Gasteiger partial charge on any atom is 0.251 e. The molecule has 25 heavy (non-hydrogen) atoms. The molecule has 0 spiro atoms. The van der Waals surface area contributed by atoms with Crippen LogP contribution in [0.1, 0.15) is 49.5 Å². The predicted octanol–water partition coefficient (Wildman–Crippen LogP) is 3.49. The number of nitrogens with zero attached hydrogens (tertiary/aromatic N) is 1. The Hall–Kier alpha value is -0.810. The SMILES string of the molecule is CCN(Cc1ccc(C(=O)NCC2CCCNC2)cc1)C(C)C.Cl.Cl. The molecule has 2 N–H and O–H groups in total. The molecule has 1 fully saturated rings. The summed E-state index contributed by atoms with van der Waals surface area (Å²) in [4.78, 5) is 14.7. The van der Waals surface area contributed by atoms with E-state index in [2.05, 4.69) is 48.4 Å². The van der Waals surface area contributed by atoms with E-state index in [1.165, 1.54) is 18.4 Å². The van der Waals surface area contributed by atoms with Gasteiger partial charge in [-0.2, -0.15) is 0 Å². The number of hydrogen-bond donors (Lipinski definition) is 2. The molecule has 0 radical (unpaired) electrons. The van der Waals surface area contributed by atoms with E-state index in [0.29, 0.717) is 12.0 Å².